The third kappa shape index (κ3) is 4.57. The van der Waals surface area contributed by atoms with Crippen molar-refractivity contribution in [3.05, 3.63) is 65.0 Å². The average molecular weight is 365 g/mol. The van der Waals surface area contributed by atoms with Gasteiger partial charge >= 0.3 is 5.97 Å². The van der Waals surface area contributed by atoms with E-state index in [0.717, 1.165) is 33.8 Å². The van der Waals surface area contributed by atoms with E-state index in [1.165, 1.54) is 12.1 Å². The quantitative estimate of drug-likeness (QED) is 0.854. The lowest BCUT2D eigenvalue weighted by atomic mass is 10.0. The summed E-state index contributed by atoms with van der Waals surface area (Å²) in [5.41, 5.74) is 2.88. The van der Waals surface area contributed by atoms with Crippen molar-refractivity contribution >= 4 is 21.7 Å². The Morgan fingerprint density at radius 3 is 2.20 bits per heavy atom. The standard InChI is InChI=1S/C18H20FNO4S/c1-12-4-5-14(10-13(12)2)11-17(18(21)22)20(25(3,23)24)16-8-6-15(19)7-9-16/h4-10,17H,11H2,1-3H3,(H,21,22). The molecule has 0 fully saturated rings. The Morgan fingerprint density at radius 1 is 1.12 bits per heavy atom. The maximum absolute atomic E-state index is 13.2. The van der Waals surface area contributed by atoms with Crippen molar-refractivity contribution in [1.82, 2.24) is 0 Å². The van der Waals surface area contributed by atoms with Gasteiger partial charge < -0.3 is 5.11 Å². The van der Waals surface area contributed by atoms with E-state index in [4.69, 9.17) is 0 Å². The number of carboxylic acids is 1. The Bertz CT molecular complexity index is 878. The summed E-state index contributed by atoms with van der Waals surface area (Å²) < 4.78 is 38.5. The van der Waals surface area contributed by atoms with E-state index in [0.29, 0.717) is 5.56 Å². The van der Waals surface area contributed by atoms with Crippen LogP contribution in [-0.4, -0.2) is 31.8 Å². The molecular weight excluding hydrogens is 345 g/mol. The summed E-state index contributed by atoms with van der Waals surface area (Å²) in [6.07, 6.45) is 0.938. The van der Waals surface area contributed by atoms with E-state index >= 15 is 0 Å². The molecule has 0 saturated carbocycles. The maximum Gasteiger partial charge on any atom is 0.327 e. The van der Waals surface area contributed by atoms with Crippen LogP contribution >= 0.6 is 0 Å². The zero-order chi connectivity index (χ0) is 18.8. The molecule has 0 aromatic heterocycles. The highest BCUT2D eigenvalue weighted by Crippen LogP contribution is 2.24. The number of halogens is 1. The summed E-state index contributed by atoms with van der Waals surface area (Å²) in [6, 6.07) is 8.87. The lowest BCUT2D eigenvalue weighted by molar-refractivity contribution is -0.138. The van der Waals surface area contributed by atoms with Crippen LogP contribution in [0.25, 0.3) is 0 Å². The minimum atomic E-state index is -3.88. The lowest BCUT2D eigenvalue weighted by Crippen LogP contribution is -2.46. The second-order valence-electron chi connectivity index (χ2n) is 6.01. The van der Waals surface area contributed by atoms with Gasteiger partial charge in [0.1, 0.15) is 11.9 Å². The largest absolute Gasteiger partial charge is 0.480 e. The van der Waals surface area contributed by atoms with Crippen LogP contribution in [0.15, 0.2) is 42.5 Å². The van der Waals surface area contributed by atoms with E-state index in [1.54, 1.807) is 6.07 Å². The van der Waals surface area contributed by atoms with Crippen LogP contribution in [0.3, 0.4) is 0 Å². The van der Waals surface area contributed by atoms with E-state index in [2.05, 4.69) is 0 Å². The number of nitrogens with zero attached hydrogens (tertiary/aromatic N) is 1. The first-order valence-electron chi connectivity index (χ1n) is 7.63. The predicted octanol–water partition coefficient (Wildman–Crippen LogP) is 2.90. The number of aliphatic carboxylic acids is 1. The second kappa shape index (κ2) is 7.23. The molecule has 5 nitrogen and oxygen atoms in total. The molecule has 0 radical (unpaired) electrons. The fourth-order valence-electron chi connectivity index (χ4n) is 2.61. The highest BCUT2D eigenvalue weighted by atomic mass is 32.2. The second-order valence-corrected chi connectivity index (χ2v) is 7.87. The molecular formula is C18H20FNO4S. The number of sulfonamides is 1. The van der Waals surface area contributed by atoms with Crippen molar-refractivity contribution in [2.75, 3.05) is 10.6 Å². The molecule has 0 aliphatic carbocycles. The van der Waals surface area contributed by atoms with Gasteiger partial charge in [0.2, 0.25) is 10.0 Å². The molecule has 0 spiro atoms. The van der Waals surface area contributed by atoms with Crippen LogP contribution in [0.5, 0.6) is 0 Å². The normalized spacial score (nSPS) is 12.6. The number of hydrogen-bond donors (Lipinski definition) is 1. The van der Waals surface area contributed by atoms with Gasteiger partial charge in [0.15, 0.2) is 0 Å². The van der Waals surface area contributed by atoms with Gasteiger partial charge in [0, 0.05) is 6.42 Å². The highest BCUT2D eigenvalue weighted by Gasteiger charge is 2.33. The predicted molar refractivity (Wildman–Crippen MR) is 94.8 cm³/mol. The zero-order valence-electron chi connectivity index (χ0n) is 14.2. The molecule has 0 saturated heterocycles. The molecule has 1 atom stereocenters. The van der Waals surface area contributed by atoms with Gasteiger partial charge in [0.25, 0.3) is 0 Å². The van der Waals surface area contributed by atoms with Crippen molar-refractivity contribution < 1.29 is 22.7 Å². The Balaban J connectivity index is 2.47. The van der Waals surface area contributed by atoms with Gasteiger partial charge in [0.05, 0.1) is 11.9 Å². The fourth-order valence-corrected chi connectivity index (χ4v) is 3.75. The summed E-state index contributed by atoms with van der Waals surface area (Å²) in [5, 5.41) is 9.63. The van der Waals surface area contributed by atoms with Gasteiger partial charge in [-0.05, 0) is 54.8 Å². The summed E-state index contributed by atoms with van der Waals surface area (Å²) in [7, 11) is -3.88. The average Bonchev–Trinajstić information content (AvgIpc) is 2.50. The molecule has 134 valence electrons. The highest BCUT2D eigenvalue weighted by molar-refractivity contribution is 7.92. The third-order valence-electron chi connectivity index (χ3n) is 4.01. The minimum Gasteiger partial charge on any atom is -0.480 e. The summed E-state index contributed by atoms with van der Waals surface area (Å²) >= 11 is 0. The Morgan fingerprint density at radius 2 is 1.72 bits per heavy atom. The first-order valence-corrected chi connectivity index (χ1v) is 9.48. The number of anilines is 1. The molecule has 1 unspecified atom stereocenters. The SMILES string of the molecule is Cc1ccc(CC(C(=O)O)N(c2ccc(F)cc2)S(C)(=O)=O)cc1C. The van der Waals surface area contributed by atoms with Crippen LogP contribution in [0.2, 0.25) is 0 Å². The summed E-state index contributed by atoms with van der Waals surface area (Å²) in [4.78, 5) is 11.8. The molecule has 0 bridgehead atoms. The van der Waals surface area contributed by atoms with E-state index in [9.17, 15) is 22.7 Å². The van der Waals surface area contributed by atoms with E-state index in [1.807, 2.05) is 26.0 Å². The third-order valence-corrected chi connectivity index (χ3v) is 5.19. The first kappa shape index (κ1) is 18.9. The summed E-state index contributed by atoms with van der Waals surface area (Å²) in [6.45, 7) is 3.85. The van der Waals surface area contributed by atoms with Crippen molar-refractivity contribution in [3.8, 4) is 0 Å². The summed E-state index contributed by atoms with van der Waals surface area (Å²) in [5.74, 6) is -1.80. The lowest BCUT2D eigenvalue weighted by Gasteiger charge is -2.29. The monoisotopic (exact) mass is 365 g/mol. The number of carboxylic acid groups (broad SMARTS) is 1. The molecule has 2 aromatic carbocycles. The zero-order valence-corrected chi connectivity index (χ0v) is 15.0. The maximum atomic E-state index is 13.2. The molecule has 2 rings (SSSR count). The molecule has 0 amide bonds. The van der Waals surface area contributed by atoms with Gasteiger partial charge in [-0.15, -0.1) is 0 Å². The first-order chi connectivity index (χ1) is 11.6. The number of rotatable bonds is 6. The molecule has 1 N–H and O–H groups in total. The Labute approximate surface area is 146 Å². The Kier molecular flexibility index (Phi) is 5.47. The van der Waals surface area contributed by atoms with Crippen LogP contribution in [0, 0.1) is 19.7 Å². The Hall–Kier alpha value is -2.41. The molecule has 0 heterocycles. The number of hydrogen-bond acceptors (Lipinski definition) is 3. The fraction of sp³-hybridized carbons (Fsp3) is 0.278. The topological polar surface area (TPSA) is 74.7 Å². The smallest absolute Gasteiger partial charge is 0.327 e. The van der Waals surface area contributed by atoms with Crippen molar-refractivity contribution in [3.63, 3.8) is 0 Å². The van der Waals surface area contributed by atoms with Crippen LogP contribution in [0.1, 0.15) is 16.7 Å². The molecule has 7 heteroatoms. The van der Waals surface area contributed by atoms with Crippen molar-refractivity contribution in [2.45, 2.75) is 26.3 Å². The molecule has 0 aliphatic heterocycles. The molecule has 0 aliphatic rings. The molecule has 2 aromatic rings. The van der Waals surface area contributed by atoms with E-state index in [-0.39, 0.29) is 12.1 Å². The van der Waals surface area contributed by atoms with Crippen LogP contribution in [-0.2, 0) is 21.2 Å². The van der Waals surface area contributed by atoms with Crippen LogP contribution < -0.4 is 4.31 Å². The van der Waals surface area contributed by atoms with E-state index < -0.39 is 27.9 Å². The van der Waals surface area contributed by atoms with Gasteiger partial charge in [-0.25, -0.2) is 17.6 Å². The molecule has 25 heavy (non-hydrogen) atoms. The number of aryl methyl sites for hydroxylation is 2. The van der Waals surface area contributed by atoms with Gasteiger partial charge in [-0.1, -0.05) is 18.2 Å². The van der Waals surface area contributed by atoms with Crippen LogP contribution in [0.4, 0.5) is 10.1 Å². The van der Waals surface area contributed by atoms with Gasteiger partial charge in [-0.2, -0.15) is 0 Å². The minimum absolute atomic E-state index is 0.000893. The number of benzene rings is 2. The van der Waals surface area contributed by atoms with Crippen molar-refractivity contribution in [2.24, 2.45) is 0 Å². The van der Waals surface area contributed by atoms with Crippen molar-refractivity contribution in [1.29, 1.82) is 0 Å². The van der Waals surface area contributed by atoms with Gasteiger partial charge in [-0.3, -0.25) is 4.31 Å². The number of carbonyl (C=O) groups is 1.